The molecule has 10 aromatic carbocycles. The maximum absolute atomic E-state index is 15.8. The van der Waals surface area contributed by atoms with E-state index in [1.807, 2.05) is 273 Å². The third kappa shape index (κ3) is 29.2. The Hall–Kier alpha value is -10.1. The van der Waals surface area contributed by atoms with Crippen molar-refractivity contribution in [1.82, 2.24) is 0 Å². The Labute approximate surface area is 741 Å². The van der Waals surface area contributed by atoms with Crippen LogP contribution in [0.4, 0.5) is 0 Å². The third-order valence-corrected chi connectivity index (χ3v) is 23.1. The number of nitrogens with zero attached hydrogens (tertiary/aromatic N) is 3. The number of carbonyl (C=O) groups is 2. The second-order valence-corrected chi connectivity index (χ2v) is 32.5. The lowest BCUT2D eigenvalue weighted by Gasteiger charge is -2.52. The number of aliphatic hydroxyl groups excluding tert-OH is 1. The van der Waals surface area contributed by atoms with Gasteiger partial charge in [-0.05, 0) is 73.7 Å². The van der Waals surface area contributed by atoms with Crippen molar-refractivity contribution in [2.24, 2.45) is 5.11 Å². The van der Waals surface area contributed by atoms with E-state index in [9.17, 15) is 15.4 Å². The number of aliphatic hydroxyl groups is 1. The monoisotopic (exact) mass is 1710 g/mol. The molecular formula is C105H121N3O18. The van der Waals surface area contributed by atoms with E-state index < -0.39 is 110 Å². The van der Waals surface area contributed by atoms with E-state index in [4.69, 9.17) is 71.1 Å². The molecule has 1 N–H and O–H groups in total. The van der Waals surface area contributed by atoms with Gasteiger partial charge in [-0.25, -0.2) is 4.79 Å². The Kier molecular flexibility index (Phi) is 38.8. The van der Waals surface area contributed by atoms with E-state index in [1.54, 1.807) is 24.3 Å². The van der Waals surface area contributed by atoms with E-state index >= 15 is 4.79 Å². The van der Waals surface area contributed by atoms with E-state index in [-0.39, 0.29) is 91.2 Å². The summed E-state index contributed by atoms with van der Waals surface area (Å²) in [7, 11) is 0. The fourth-order valence-corrected chi connectivity index (χ4v) is 16.3. The number of esters is 2. The van der Waals surface area contributed by atoms with Crippen molar-refractivity contribution < 1.29 is 85.7 Å². The molecule has 21 heteroatoms. The molecule has 7 unspecified atom stereocenters. The number of azide groups is 1. The zero-order chi connectivity index (χ0) is 86.8. The smallest absolute Gasteiger partial charge is 0.338 e. The van der Waals surface area contributed by atoms with Crippen LogP contribution in [0.2, 0.25) is 0 Å². The fourth-order valence-electron chi connectivity index (χ4n) is 16.3. The number of hydrogen-bond donors (Lipinski definition) is 1. The molecule has 0 radical (unpaired) electrons. The van der Waals surface area contributed by atoms with Gasteiger partial charge in [0.1, 0.15) is 86.0 Å². The van der Waals surface area contributed by atoms with Crippen LogP contribution in [0, 0.1) is 0 Å². The van der Waals surface area contributed by atoms with Crippen molar-refractivity contribution in [3.8, 4) is 0 Å². The number of ether oxygens (including phenoxy) is 15. The van der Waals surface area contributed by atoms with Crippen LogP contribution in [-0.4, -0.2) is 128 Å². The molecule has 0 amide bonds. The highest BCUT2D eigenvalue weighted by Crippen LogP contribution is 2.42. The van der Waals surface area contributed by atoms with Crippen LogP contribution in [0.1, 0.15) is 163 Å². The molecule has 3 aliphatic rings. The average Bonchev–Trinajstić information content (AvgIpc) is 0.747. The lowest BCUT2D eigenvalue weighted by atomic mass is 9.83. The van der Waals surface area contributed by atoms with Crippen LogP contribution in [0.25, 0.3) is 10.4 Å². The van der Waals surface area contributed by atoms with E-state index in [0.717, 1.165) is 75.8 Å². The van der Waals surface area contributed by atoms with Crippen LogP contribution >= 0.6 is 0 Å². The summed E-state index contributed by atoms with van der Waals surface area (Å²) in [5.74, 6) is -1.32. The largest absolute Gasteiger partial charge is 0.463 e. The van der Waals surface area contributed by atoms with Crippen molar-refractivity contribution in [2.75, 3.05) is 13.2 Å². The van der Waals surface area contributed by atoms with E-state index in [2.05, 4.69) is 16.9 Å². The molecule has 10 aromatic rings. The average molecular weight is 1710 g/mol. The number of carbonyl (C=O) groups excluding carboxylic acids is 2. The van der Waals surface area contributed by atoms with E-state index in [1.165, 1.54) is 51.4 Å². The highest BCUT2D eigenvalue weighted by molar-refractivity contribution is 5.91. The van der Waals surface area contributed by atoms with Crippen molar-refractivity contribution in [1.29, 1.82) is 0 Å². The minimum absolute atomic E-state index is 0.00255. The van der Waals surface area contributed by atoms with Gasteiger partial charge in [0.2, 0.25) is 0 Å². The lowest BCUT2D eigenvalue weighted by molar-refractivity contribution is -0.378. The van der Waals surface area contributed by atoms with Gasteiger partial charge >= 0.3 is 11.9 Å². The second-order valence-electron chi connectivity index (χ2n) is 32.5. The molecule has 664 valence electrons. The van der Waals surface area contributed by atoms with Gasteiger partial charge in [0.25, 0.3) is 0 Å². The number of rotatable bonds is 52. The van der Waals surface area contributed by atoms with Gasteiger partial charge in [0, 0.05) is 11.3 Å². The first-order valence-electron chi connectivity index (χ1n) is 44.8. The van der Waals surface area contributed by atoms with Crippen LogP contribution in [0.5, 0.6) is 0 Å². The minimum Gasteiger partial charge on any atom is -0.463 e. The van der Waals surface area contributed by atoms with Crippen LogP contribution in [0.3, 0.4) is 0 Å². The van der Waals surface area contributed by atoms with Crippen LogP contribution in [0.15, 0.2) is 302 Å². The molecule has 2 heterocycles. The Morgan fingerprint density at radius 2 is 0.619 bits per heavy atom. The third-order valence-electron chi connectivity index (χ3n) is 23.1. The molecule has 0 bridgehead atoms. The highest BCUT2D eigenvalue weighted by atomic mass is 16.8. The molecule has 1 aliphatic carbocycles. The highest BCUT2D eigenvalue weighted by Gasteiger charge is 2.60. The van der Waals surface area contributed by atoms with Gasteiger partial charge in [0.15, 0.2) is 18.7 Å². The first-order valence-corrected chi connectivity index (χ1v) is 44.8. The van der Waals surface area contributed by atoms with Crippen LogP contribution < -0.4 is 0 Å². The molecule has 0 aromatic heterocycles. The fraction of sp³-hybridized carbons (Fsp3) is 0.410. The molecule has 3 fully saturated rings. The lowest BCUT2D eigenvalue weighted by Crippen LogP contribution is -2.71. The SMILES string of the molecule is CCCCCCCCCCCCCCCC(=O)OCC1O[C@@H](OC2C(OCc3ccccc3)[C@@H](OCc3ccccc3)[C@H](OCc3ccccc3)C(O[C@H]3OC(COCc4ccccc4)[C@@H](OCc4ccccc4)C(OCc4ccccc4)[C@H]3OCc3ccccc3)[C@@H]2O)C(OC(=O)c2ccccc2CN=[N+]=[N-])[C@@H](OCc2ccccc2)[C@H]1OCc1ccccc1. The molecule has 0 spiro atoms. The summed E-state index contributed by atoms with van der Waals surface area (Å²) in [5.41, 5.74) is 17.6. The maximum atomic E-state index is 15.8. The Morgan fingerprint density at radius 1 is 0.333 bits per heavy atom. The van der Waals surface area contributed by atoms with Crippen molar-refractivity contribution >= 4 is 11.9 Å². The molecule has 13 rings (SSSR count). The first kappa shape index (κ1) is 93.5. The standard InChI is InChI=1S/C105H121N3O18/c1-2-3-4-5-6-7-8-9-10-11-12-13-41-64-90(109)113-76-89-93(115-68-79-48-27-16-28-49-79)97(117-70-81-52-31-18-32-53-81)102(124-103(111)87-63-43-42-62-86(87)65-107-108-106)105(123-89)126-95-91(110)94(98(118-71-82-54-33-19-34-55-82)100(120-73-84-58-37-21-38-59-84)99(95)119-72-83-56-35-20-36-57-83)125-104-101(121-74-85-60-39-22-40-61-85)96(116-69-80-50-29-17-30-51-80)92(114-67-78-46-25-15-26-47-78)88(122-104)75-112-66-77-44-23-14-24-45-77/h14-40,42-63,88-89,91-102,104-105,110H,2-13,41,64-76H2,1H3/t88?,89?,91-,92+,93-,94?,95?,96?,97-,98+,99?,100-,101+,102?,104+,105-/m0/s1. The van der Waals surface area contributed by atoms with Crippen molar-refractivity contribution in [2.45, 2.75) is 261 Å². The number of hydrogen-bond acceptors (Lipinski definition) is 19. The van der Waals surface area contributed by atoms with Gasteiger partial charge in [-0.3, -0.25) is 4.79 Å². The molecule has 1 saturated carbocycles. The Balaban J connectivity index is 0.938. The molecule has 16 atom stereocenters. The summed E-state index contributed by atoms with van der Waals surface area (Å²) >= 11 is 0. The number of benzene rings is 10. The molecule has 21 nitrogen and oxygen atoms in total. The van der Waals surface area contributed by atoms with Crippen LogP contribution in [-0.2, 0) is 142 Å². The summed E-state index contributed by atoms with van der Waals surface area (Å²) < 4.78 is 109. The summed E-state index contributed by atoms with van der Waals surface area (Å²) in [6, 6.07) is 94.1. The summed E-state index contributed by atoms with van der Waals surface area (Å²) in [6.07, 6.45) is -6.69. The minimum atomic E-state index is -1.86. The van der Waals surface area contributed by atoms with Gasteiger partial charge in [-0.2, -0.15) is 0 Å². The zero-order valence-corrected chi connectivity index (χ0v) is 72.1. The quantitative estimate of drug-likeness (QED) is 0.0122. The molecule has 126 heavy (non-hydrogen) atoms. The van der Waals surface area contributed by atoms with Crippen molar-refractivity contribution in [3.05, 3.63) is 369 Å². The second kappa shape index (κ2) is 52.2. The zero-order valence-electron chi connectivity index (χ0n) is 72.1. The summed E-state index contributed by atoms with van der Waals surface area (Å²) in [4.78, 5) is 33.3. The summed E-state index contributed by atoms with van der Waals surface area (Å²) in [6.45, 7) is 1.98. The Bertz CT molecular complexity index is 4730. The number of unbranched alkanes of at least 4 members (excludes halogenated alkanes) is 12. The maximum Gasteiger partial charge on any atom is 0.338 e. The molecular weight excluding hydrogens is 1590 g/mol. The summed E-state index contributed by atoms with van der Waals surface area (Å²) in [5, 5.41) is 18.5. The van der Waals surface area contributed by atoms with Gasteiger partial charge in [-0.15, -0.1) is 0 Å². The van der Waals surface area contributed by atoms with Gasteiger partial charge in [0.05, 0.1) is 78.2 Å². The first-order chi connectivity index (χ1) is 62.2. The predicted molar refractivity (Wildman–Crippen MR) is 479 cm³/mol. The molecule has 2 saturated heterocycles. The molecule has 2 aliphatic heterocycles. The van der Waals surface area contributed by atoms with Gasteiger partial charge < -0.3 is 76.2 Å². The van der Waals surface area contributed by atoms with Crippen molar-refractivity contribution in [3.63, 3.8) is 0 Å². The normalized spacial score (nSPS) is 22.9. The predicted octanol–water partition coefficient (Wildman–Crippen LogP) is 20.5. The van der Waals surface area contributed by atoms with Gasteiger partial charge in [-0.1, -0.05) is 380 Å². The Morgan fingerprint density at radius 3 is 0.984 bits per heavy atom. The topological polar surface area (TPSA) is 242 Å². The van der Waals surface area contributed by atoms with E-state index in [0.29, 0.717) is 12.0 Å².